The molecule has 0 spiro atoms. The monoisotopic (exact) mass is 609 g/mol. The van der Waals surface area contributed by atoms with Crippen molar-refractivity contribution in [2.75, 3.05) is 19.7 Å². The standard InChI is InChI=1S/C33H37Cl2N3O4/c1-5-41-31(39)22-10-11-29-28(17-22)27(30(38-29)24-15-25(34)18-26(35)16-24)12-14-37-20-23(32(40)42-33(2,3)4)9-8-21-7-6-13-36-19-21/h6-7,10-11,13,15-19,23,37-38H,5,8-9,12,14,20H2,1-4H3. The van der Waals surface area contributed by atoms with E-state index in [9.17, 15) is 9.59 Å². The number of pyridine rings is 1. The smallest absolute Gasteiger partial charge is 0.338 e. The van der Waals surface area contributed by atoms with Gasteiger partial charge in [-0.25, -0.2) is 4.79 Å². The Morgan fingerprint density at radius 2 is 1.81 bits per heavy atom. The zero-order valence-electron chi connectivity index (χ0n) is 24.4. The van der Waals surface area contributed by atoms with Gasteiger partial charge in [-0.15, -0.1) is 0 Å². The summed E-state index contributed by atoms with van der Waals surface area (Å²) in [6, 6.07) is 14.8. The fourth-order valence-electron chi connectivity index (χ4n) is 4.86. The molecule has 0 saturated heterocycles. The first-order chi connectivity index (χ1) is 20.0. The Labute approximate surface area is 256 Å². The van der Waals surface area contributed by atoms with Crippen LogP contribution in [0.5, 0.6) is 0 Å². The van der Waals surface area contributed by atoms with Gasteiger partial charge in [0, 0.05) is 51.1 Å². The van der Waals surface area contributed by atoms with Gasteiger partial charge in [0.2, 0.25) is 0 Å². The second kappa shape index (κ2) is 14.2. The average Bonchev–Trinajstić information content (AvgIpc) is 3.29. The predicted octanol–water partition coefficient (Wildman–Crippen LogP) is 7.44. The van der Waals surface area contributed by atoms with Crippen molar-refractivity contribution in [3.8, 4) is 11.3 Å². The first kappa shape index (κ1) is 31.5. The lowest BCUT2D eigenvalue weighted by molar-refractivity contribution is -0.160. The summed E-state index contributed by atoms with van der Waals surface area (Å²) in [5.74, 6) is -0.917. The summed E-state index contributed by atoms with van der Waals surface area (Å²) < 4.78 is 11.0. The molecule has 4 aromatic rings. The summed E-state index contributed by atoms with van der Waals surface area (Å²) in [7, 11) is 0. The summed E-state index contributed by atoms with van der Waals surface area (Å²) in [6.07, 6.45) is 5.54. The second-order valence-electron chi connectivity index (χ2n) is 11.2. The SMILES string of the molecule is CCOC(=O)c1ccc2[nH]c(-c3cc(Cl)cc(Cl)c3)c(CCNCC(CCc3cccnc3)C(=O)OC(C)(C)C)c2c1. The number of fused-ring (bicyclic) bond motifs is 1. The molecule has 9 heteroatoms. The Kier molecular flexibility index (Phi) is 10.7. The Balaban J connectivity index is 1.56. The number of carbonyl (C=O) groups is 2. The van der Waals surface area contributed by atoms with E-state index in [-0.39, 0.29) is 17.9 Å². The molecule has 0 aliphatic rings. The van der Waals surface area contributed by atoms with Crippen LogP contribution in [0.4, 0.5) is 0 Å². The van der Waals surface area contributed by atoms with Gasteiger partial charge in [-0.1, -0.05) is 29.3 Å². The van der Waals surface area contributed by atoms with Crippen LogP contribution in [0.25, 0.3) is 22.2 Å². The summed E-state index contributed by atoms with van der Waals surface area (Å²) in [4.78, 5) is 33.3. The predicted molar refractivity (Wildman–Crippen MR) is 168 cm³/mol. The van der Waals surface area contributed by atoms with Crippen molar-refractivity contribution in [3.05, 3.63) is 87.7 Å². The first-order valence-corrected chi connectivity index (χ1v) is 14.9. The van der Waals surface area contributed by atoms with Gasteiger partial charge in [0.05, 0.1) is 18.1 Å². The molecule has 0 amide bonds. The summed E-state index contributed by atoms with van der Waals surface area (Å²) >= 11 is 12.7. The number of rotatable bonds is 12. The van der Waals surface area contributed by atoms with Gasteiger partial charge >= 0.3 is 11.9 Å². The van der Waals surface area contributed by atoms with Gasteiger partial charge in [0.25, 0.3) is 0 Å². The second-order valence-corrected chi connectivity index (χ2v) is 12.1. The number of benzene rings is 2. The Morgan fingerprint density at radius 3 is 2.48 bits per heavy atom. The van der Waals surface area contributed by atoms with Crippen LogP contribution in [-0.2, 0) is 27.1 Å². The minimum atomic E-state index is -0.572. The highest BCUT2D eigenvalue weighted by Gasteiger charge is 2.25. The number of aromatic amines is 1. The molecule has 0 radical (unpaired) electrons. The van der Waals surface area contributed by atoms with Crippen LogP contribution in [0.3, 0.4) is 0 Å². The molecule has 2 aromatic carbocycles. The number of nitrogens with zero attached hydrogens (tertiary/aromatic N) is 1. The fraction of sp³-hybridized carbons (Fsp3) is 0.364. The summed E-state index contributed by atoms with van der Waals surface area (Å²) in [5.41, 5.74) is 4.59. The van der Waals surface area contributed by atoms with Crippen LogP contribution in [0, 0.1) is 5.92 Å². The maximum absolute atomic E-state index is 13.1. The topological polar surface area (TPSA) is 93.3 Å². The fourth-order valence-corrected chi connectivity index (χ4v) is 5.38. The largest absolute Gasteiger partial charge is 0.462 e. The summed E-state index contributed by atoms with van der Waals surface area (Å²) in [5, 5.41) is 5.45. The van der Waals surface area contributed by atoms with Crippen molar-refractivity contribution in [1.29, 1.82) is 0 Å². The number of halogens is 2. The van der Waals surface area contributed by atoms with Gasteiger partial charge in [0.15, 0.2) is 0 Å². The lowest BCUT2D eigenvalue weighted by atomic mass is 9.99. The van der Waals surface area contributed by atoms with E-state index in [1.165, 1.54) is 0 Å². The van der Waals surface area contributed by atoms with Gasteiger partial charge in [0.1, 0.15) is 5.60 Å². The molecule has 0 aliphatic heterocycles. The molecule has 0 aliphatic carbocycles. The van der Waals surface area contributed by atoms with Crippen LogP contribution in [0.15, 0.2) is 60.9 Å². The maximum Gasteiger partial charge on any atom is 0.338 e. The molecule has 4 rings (SSSR count). The van der Waals surface area contributed by atoms with Crippen LogP contribution in [-0.4, -0.2) is 47.2 Å². The molecule has 222 valence electrons. The van der Waals surface area contributed by atoms with E-state index in [0.29, 0.717) is 48.1 Å². The van der Waals surface area contributed by atoms with Crippen molar-refractivity contribution in [2.24, 2.45) is 5.92 Å². The van der Waals surface area contributed by atoms with E-state index in [1.807, 2.05) is 63.4 Å². The molecule has 2 heterocycles. The van der Waals surface area contributed by atoms with Crippen LogP contribution in [0.2, 0.25) is 10.0 Å². The van der Waals surface area contributed by atoms with E-state index < -0.39 is 5.60 Å². The number of ether oxygens (including phenoxy) is 2. The number of carbonyl (C=O) groups excluding carboxylic acids is 2. The van der Waals surface area contributed by atoms with Crippen molar-refractivity contribution >= 4 is 46.0 Å². The summed E-state index contributed by atoms with van der Waals surface area (Å²) in [6.45, 7) is 8.76. The van der Waals surface area contributed by atoms with Crippen molar-refractivity contribution in [2.45, 2.75) is 52.6 Å². The number of H-pyrrole nitrogens is 1. The van der Waals surface area contributed by atoms with Gasteiger partial charge in [-0.2, -0.15) is 0 Å². The molecule has 0 saturated carbocycles. The number of hydrogen-bond donors (Lipinski definition) is 2. The number of aromatic nitrogens is 2. The minimum absolute atomic E-state index is 0.223. The number of nitrogens with one attached hydrogen (secondary N) is 2. The molecule has 0 fully saturated rings. The first-order valence-electron chi connectivity index (χ1n) is 14.1. The van der Waals surface area contributed by atoms with Crippen molar-refractivity contribution in [1.82, 2.24) is 15.3 Å². The highest BCUT2D eigenvalue weighted by atomic mass is 35.5. The third-order valence-electron chi connectivity index (χ3n) is 6.76. The molecule has 1 unspecified atom stereocenters. The average molecular weight is 611 g/mol. The molecule has 2 aromatic heterocycles. The Morgan fingerprint density at radius 1 is 1.05 bits per heavy atom. The zero-order valence-corrected chi connectivity index (χ0v) is 25.9. The number of aryl methyl sites for hydroxylation is 1. The third-order valence-corrected chi connectivity index (χ3v) is 7.19. The van der Waals surface area contributed by atoms with Gasteiger partial charge in [-0.3, -0.25) is 9.78 Å². The van der Waals surface area contributed by atoms with Crippen molar-refractivity contribution < 1.29 is 19.1 Å². The quantitative estimate of drug-likeness (QED) is 0.128. The molecular weight excluding hydrogens is 573 g/mol. The van der Waals surface area contributed by atoms with Crippen molar-refractivity contribution in [3.63, 3.8) is 0 Å². The van der Waals surface area contributed by atoms with Crippen LogP contribution < -0.4 is 5.32 Å². The van der Waals surface area contributed by atoms with E-state index in [2.05, 4.69) is 15.3 Å². The van der Waals surface area contributed by atoms with Crippen LogP contribution >= 0.6 is 23.2 Å². The molecule has 2 N–H and O–H groups in total. The Bertz CT molecular complexity index is 1510. The normalized spacial score (nSPS) is 12.3. The molecule has 0 bridgehead atoms. The van der Waals surface area contributed by atoms with E-state index in [1.54, 1.807) is 25.3 Å². The molecular formula is C33H37Cl2N3O4. The lowest BCUT2D eigenvalue weighted by Gasteiger charge is -2.24. The highest BCUT2D eigenvalue weighted by molar-refractivity contribution is 6.35. The lowest BCUT2D eigenvalue weighted by Crippen LogP contribution is -2.35. The van der Waals surface area contributed by atoms with E-state index >= 15 is 0 Å². The number of hydrogen-bond acceptors (Lipinski definition) is 6. The Hall–Kier alpha value is -3.39. The van der Waals surface area contributed by atoms with E-state index in [0.717, 1.165) is 39.7 Å². The van der Waals surface area contributed by atoms with Gasteiger partial charge in [-0.05, 0) is 107 Å². The minimum Gasteiger partial charge on any atom is -0.462 e. The number of esters is 2. The highest BCUT2D eigenvalue weighted by Crippen LogP contribution is 2.34. The third kappa shape index (κ3) is 8.57. The maximum atomic E-state index is 13.1. The molecule has 7 nitrogen and oxygen atoms in total. The molecule has 42 heavy (non-hydrogen) atoms. The van der Waals surface area contributed by atoms with Crippen LogP contribution in [0.1, 0.15) is 55.6 Å². The zero-order chi connectivity index (χ0) is 30.3. The molecule has 1 atom stereocenters. The van der Waals surface area contributed by atoms with Gasteiger partial charge < -0.3 is 19.8 Å². The van der Waals surface area contributed by atoms with E-state index in [4.69, 9.17) is 32.7 Å².